The summed E-state index contributed by atoms with van der Waals surface area (Å²) in [6.07, 6.45) is 2.61. The SMILES string of the molecule is Cc1ccc(NC(=O)CC2CCOCC2)cc1. The van der Waals surface area contributed by atoms with Crippen LogP contribution in [0.1, 0.15) is 24.8 Å². The molecule has 1 aliphatic rings. The largest absolute Gasteiger partial charge is 0.381 e. The molecule has 1 N–H and O–H groups in total. The minimum absolute atomic E-state index is 0.112. The fraction of sp³-hybridized carbons (Fsp3) is 0.500. The predicted molar refractivity (Wildman–Crippen MR) is 68.0 cm³/mol. The zero-order valence-corrected chi connectivity index (χ0v) is 10.2. The van der Waals surface area contributed by atoms with Crippen molar-refractivity contribution < 1.29 is 9.53 Å². The number of rotatable bonds is 3. The van der Waals surface area contributed by atoms with Crippen molar-refractivity contribution in [2.24, 2.45) is 5.92 Å². The van der Waals surface area contributed by atoms with Crippen molar-refractivity contribution in [3.63, 3.8) is 0 Å². The van der Waals surface area contributed by atoms with Gasteiger partial charge in [0.2, 0.25) is 5.91 Å². The summed E-state index contributed by atoms with van der Waals surface area (Å²) in [4.78, 5) is 11.8. The Morgan fingerprint density at radius 3 is 2.59 bits per heavy atom. The van der Waals surface area contributed by atoms with Gasteiger partial charge in [-0.25, -0.2) is 0 Å². The van der Waals surface area contributed by atoms with Gasteiger partial charge in [-0.15, -0.1) is 0 Å². The Kier molecular flexibility index (Phi) is 4.15. The number of amides is 1. The molecule has 0 aliphatic carbocycles. The molecule has 1 aliphatic heterocycles. The van der Waals surface area contributed by atoms with Crippen molar-refractivity contribution >= 4 is 11.6 Å². The number of anilines is 1. The Labute approximate surface area is 102 Å². The van der Waals surface area contributed by atoms with Crippen LogP contribution in [0.2, 0.25) is 0 Å². The third-order valence-corrected chi connectivity index (χ3v) is 3.15. The normalized spacial score (nSPS) is 16.8. The van der Waals surface area contributed by atoms with E-state index in [4.69, 9.17) is 4.74 Å². The first kappa shape index (κ1) is 12.1. The van der Waals surface area contributed by atoms with E-state index in [2.05, 4.69) is 5.32 Å². The molecule has 3 heteroatoms. The summed E-state index contributed by atoms with van der Waals surface area (Å²) < 4.78 is 5.28. The van der Waals surface area contributed by atoms with Gasteiger partial charge in [-0.2, -0.15) is 0 Å². The predicted octanol–water partition coefficient (Wildman–Crippen LogP) is 2.75. The number of benzene rings is 1. The summed E-state index contributed by atoms with van der Waals surface area (Å²) in [5.41, 5.74) is 2.08. The first-order chi connectivity index (χ1) is 8.24. The number of ether oxygens (including phenoxy) is 1. The van der Waals surface area contributed by atoms with E-state index < -0.39 is 0 Å². The fourth-order valence-electron chi connectivity index (χ4n) is 2.06. The maximum atomic E-state index is 11.8. The molecule has 0 spiro atoms. The Morgan fingerprint density at radius 1 is 1.29 bits per heavy atom. The van der Waals surface area contributed by atoms with Gasteiger partial charge in [0.1, 0.15) is 0 Å². The summed E-state index contributed by atoms with van der Waals surface area (Å²) in [5, 5.41) is 2.94. The summed E-state index contributed by atoms with van der Waals surface area (Å²) in [6.45, 7) is 3.62. The maximum absolute atomic E-state index is 11.8. The minimum Gasteiger partial charge on any atom is -0.381 e. The molecule has 0 atom stereocenters. The van der Waals surface area contributed by atoms with Crippen LogP contribution < -0.4 is 5.32 Å². The third kappa shape index (κ3) is 3.86. The lowest BCUT2D eigenvalue weighted by atomic mass is 9.96. The van der Waals surface area contributed by atoms with E-state index in [-0.39, 0.29) is 5.91 Å². The van der Waals surface area contributed by atoms with E-state index in [1.165, 1.54) is 5.56 Å². The molecule has 1 aromatic rings. The zero-order valence-electron chi connectivity index (χ0n) is 10.2. The Hall–Kier alpha value is -1.35. The minimum atomic E-state index is 0.112. The van der Waals surface area contributed by atoms with Crippen LogP contribution in [0.15, 0.2) is 24.3 Å². The molecular weight excluding hydrogens is 214 g/mol. The van der Waals surface area contributed by atoms with Gasteiger partial charge in [0, 0.05) is 25.3 Å². The second kappa shape index (κ2) is 5.82. The average Bonchev–Trinajstić information content (AvgIpc) is 2.33. The van der Waals surface area contributed by atoms with Crippen LogP contribution in [-0.2, 0) is 9.53 Å². The summed E-state index contributed by atoms with van der Waals surface area (Å²) in [5.74, 6) is 0.593. The highest BCUT2D eigenvalue weighted by Gasteiger charge is 2.17. The van der Waals surface area contributed by atoms with Gasteiger partial charge >= 0.3 is 0 Å². The van der Waals surface area contributed by atoms with Gasteiger partial charge in [-0.1, -0.05) is 17.7 Å². The smallest absolute Gasteiger partial charge is 0.224 e. The molecule has 17 heavy (non-hydrogen) atoms. The van der Waals surface area contributed by atoms with E-state index in [0.717, 1.165) is 31.7 Å². The van der Waals surface area contributed by atoms with Crippen LogP contribution in [0.4, 0.5) is 5.69 Å². The zero-order chi connectivity index (χ0) is 12.1. The lowest BCUT2D eigenvalue weighted by molar-refractivity contribution is -0.117. The number of hydrogen-bond acceptors (Lipinski definition) is 2. The number of carbonyl (C=O) groups excluding carboxylic acids is 1. The topological polar surface area (TPSA) is 38.3 Å². The standard InChI is InChI=1S/C14H19NO2/c1-11-2-4-13(5-3-11)15-14(16)10-12-6-8-17-9-7-12/h2-5,12H,6-10H2,1H3,(H,15,16). The Morgan fingerprint density at radius 2 is 1.94 bits per heavy atom. The molecule has 0 unspecified atom stereocenters. The number of hydrogen-bond donors (Lipinski definition) is 1. The van der Waals surface area contributed by atoms with Crippen molar-refractivity contribution in [2.45, 2.75) is 26.2 Å². The summed E-state index contributed by atoms with van der Waals surface area (Å²) in [7, 11) is 0. The van der Waals surface area contributed by atoms with Crippen molar-refractivity contribution in [1.82, 2.24) is 0 Å². The lowest BCUT2D eigenvalue weighted by Gasteiger charge is -2.21. The van der Waals surface area contributed by atoms with Gasteiger partial charge < -0.3 is 10.1 Å². The lowest BCUT2D eigenvalue weighted by Crippen LogP contribution is -2.22. The van der Waals surface area contributed by atoms with Crippen LogP contribution in [0.25, 0.3) is 0 Å². The molecule has 0 saturated carbocycles. The molecular formula is C14H19NO2. The van der Waals surface area contributed by atoms with Crippen LogP contribution in [0.5, 0.6) is 0 Å². The highest BCUT2D eigenvalue weighted by atomic mass is 16.5. The number of carbonyl (C=O) groups is 1. The van der Waals surface area contributed by atoms with Crippen molar-refractivity contribution in [2.75, 3.05) is 18.5 Å². The number of nitrogens with one attached hydrogen (secondary N) is 1. The molecule has 2 rings (SSSR count). The monoisotopic (exact) mass is 233 g/mol. The third-order valence-electron chi connectivity index (χ3n) is 3.15. The molecule has 1 aromatic carbocycles. The molecule has 92 valence electrons. The van der Waals surface area contributed by atoms with Gasteiger partial charge in [0.05, 0.1) is 0 Å². The van der Waals surface area contributed by atoms with Crippen LogP contribution in [0.3, 0.4) is 0 Å². The van der Waals surface area contributed by atoms with Crippen molar-refractivity contribution in [3.8, 4) is 0 Å². The van der Waals surface area contributed by atoms with Gasteiger partial charge in [-0.3, -0.25) is 4.79 Å². The van der Waals surface area contributed by atoms with Crippen LogP contribution in [-0.4, -0.2) is 19.1 Å². The molecule has 0 aromatic heterocycles. The maximum Gasteiger partial charge on any atom is 0.224 e. The van der Waals surface area contributed by atoms with Crippen LogP contribution >= 0.6 is 0 Å². The van der Waals surface area contributed by atoms with E-state index in [1.54, 1.807) is 0 Å². The number of aryl methyl sites for hydroxylation is 1. The quantitative estimate of drug-likeness (QED) is 0.871. The first-order valence-electron chi connectivity index (χ1n) is 6.18. The average molecular weight is 233 g/mol. The Balaban J connectivity index is 1.82. The fourth-order valence-corrected chi connectivity index (χ4v) is 2.06. The van der Waals surface area contributed by atoms with E-state index >= 15 is 0 Å². The second-order valence-electron chi connectivity index (χ2n) is 4.67. The van der Waals surface area contributed by atoms with E-state index in [0.29, 0.717) is 12.3 Å². The van der Waals surface area contributed by atoms with Gasteiger partial charge in [-0.05, 0) is 37.8 Å². The molecule has 1 fully saturated rings. The van der Waals surface area contributed by atoms with Crippen molar-refractivity contribution in [3.05, 3.63) is 29.8 Å². The van der Waals surface area contributed by atoms with E-state index in [1.807, 2.05) is 31.2 Å². The van der Waals surface area contributed by atoms with Crippen molar-refractivity contribution in [1.29, 1.82) is 0 Å². The van der Waals surface area contributed by atoms with Gasteiger partial charge in [0.25, 0.3) is 0 Å². The molecule has 1 amide bonds. The summed E-state index contributed by atoms with van der Waals surface area (Å²) in [6, 6.07) is 7.89. The molecule has 0 radical (unpaired) electrons. The molecule has 0 bridgehead atoms. The highest BCUT2D eigenvalue weighted by molar-refractivity contribution is 5.90. The second-order valence-corrected chi connectivity index (χ2v) is 4.67. The Bertz CT molecular complexity index is 366. The molecule has 3 nitrogen and oxygen atoms in total. The summed E-state index contributed by atoms with van der Waals surface area (Å²) >= 11 is 0. The highest BCUT2D eigenvalue weighted by Crippen LogP contribution is 2.19. The molecule has 1 saturated heterocycles. The van der Waals surface area contributed by atoms with Gasteiger partial charge in [0.15, 0.2) is 0 Å². The van der Waals surface area contributed by atoms with E-state index in [9.17, 15) is 4.79 Å². The molecule has 1 heterocycles. The first-order valence-corrected chi connectivity index (χ1v) is 6.18. The van der Waals surface area contributed by atoms with Crippen LogP contribution in [0, 0.1) is 12.8 Å².